The maximum atomic E-state index is 11.2. The molecule has 0 radical (unpaired) electrons. The molecule has 0 aliphatic heterocycles. The lowest BCUT2D eigenvalue weighted by atomic mass is 10.1. The zero-order chi connectivity index (χ0) is 9.84. The number of carbonyl (C=O) groups is 2. The molecule has 0 unspecified atom stereocenters. The number of carbonyl (C=O) groups excluding carboxylic acids is 2. The average Bonchev–Trinajstić information content (AvgIpc) is 2.28. The van der Waals surface area contributed by atoms with Crippen molar-refractivity contribution in [3.05, 3.63) is 11.1 Å². The van der Waals surface area contributed by atoms with E-state index in [1.165, 1.54) is 7.11 Å². The Bertz CT molecular complexity index is 263. The van der Waals surface area contributed by atoms with E-state index >= 15 is 0 Å². The van der Waals surface area contributed by atoms with Crippen LogP contribution in [0, 0.1) is 0 Å². The summed E-state index contributed by atoms with van der Waals surface area (Å²) >= 11 is 0. The first-order valence-electron chi connectivity index (χ1n) is 4.43. The number of Topliss-reactive ketones (excluding diaryl/α,β-unsaturated/α-hetero) is 1. The van der Waals surface area contributed by atoms with Crippen LogP contribution in [0.1, 0.15) is 32.6 Å². The fraction of sp³-hybridized carbons (Fsp3) is 0.600. The van der Waals surface area contributed by atoms with Crippen molar-refractivity contribution in [2.45, 2.75) is 32.6 Å². The fourth-order valence-corrected chi connectivity index (χ4v) is 1.48. The van der Waals surface area contributed by atoms with Crippen molar-refractivity contribution < 1.29 is 14.3 Å². The van der Waals surface area contributed by atoms with Crippen molar-refractivity contribution >= 4 is 11.8 Å². The lowest BCUT2D eigenvalue weighted by Gasteiger charge is -2.05. The van der Waals surface area contributed by atoms with Crippen molar-refractivity contribution in [3.63, 3.8) is 0 Å². The van der Waals surface area contributed by atoms with Crippen molar-refractivity contribution in [1.29, 1.82) is 0 Å². The molecule has 0 aromatic rings. The Balaban J connectivity index is 2.80. The van der Waals surface area contributed by atoms with Crippen LogP contribution in [0.15, 0.2) is 11.1 Å². The molecule has 0 spiro atoms. The van der Waals surface area contributed by atoms with Crippen LogP contribution < -0.4 is 0 Å². The molecular weight excluding hydrogens is 168 g/mol. The summed E-state index contributed by atoms with van der Waals surface area (Å²) in [6.45, 7) is 1.89. The smallest absolute Gasteiger partial charge is 0.333 e. The van der Waals surface area contributed by atoms with E-state index in [1.54, 1.807) is 0 Å². The quantitative estimate of drug-likeness (QED) is 0.579. The van der Waals surface area contributed by atoms with Gasteiger partial charge in [0.05, 0.1) is 7.11 Å². The summed E-state index contributed by atoms with van der Waals surface area (Å²) in [6.07, 6.45) is 2.27. The Morgan fingerprint density at radius 3 is 2.46 bits per heavy atom. The zero-order valence-electron chi connectivity index (χ0n) is 8.05. The predicted octanol–water partition coefficient (Wildman–Crippen LogP) is 1.62. The van der Waals surface area contributed by atoms with E-state index in [-0.39, 0.29) is 11.8 Å². The van der Waals surface area contributed by atoms with Crippen molar-refractivity contribution in [1.82, 2.24) is 0 Å². The molecule has 1 aliphatic rings. The highest BCUT2D eigenvalue weighted by molar-refractivity contribution is 5.91. The van der Waals surface area contributed by atoms with Gasteiger partial charge in [0.1, 0.15) is 5.78 Å². The van der Waals surface area contributed by atoms with Crippen LogP contribution in [-0.2, 0) is 14.3 Å². The summed E-state index contributed by atoms with van der Waals surface area (Å²) in [5.74, 6) is -0.0505. The third-order valence-corrected chi connectivity index (χ3v) is 2.38. The molecule has 1 aliphatic carbocycles. The molecule has 0 heterocycles. The molecule has 0 aromatic carbocycles. The maximum Gasteiger partial charge on any atom is 0.333 e. The average molecular weight is 182 g/mol. The maximum absolute atomic E-state index is 11.2. The molecule has 72 valence electrons. The fourth-order valence-electron chi connectivity index (χ4n) is 1.48. The first-order valence-corrected chi connectivity index (χ1v) is 4.43. The number of rotatable bonds is 1. The van der Waals surface area contributed by atoms with Crippen molar-refractivity contribution in [2.24, 2.45) is 0 Å². The standard InChI is InChI=1S/C10H14O3/c1-7-3-4-8(11)5-6-9(7)10(12)13-2/h3-6H2,1-2H3. The van der Waals surface area contributed by atoms with Gasteiger partial charge in [0.15, 0.2) is 0 Å². The minimum Gasteiger partial charge on any atom is -0.466 e. The molecule has 0 amide bonds. The molecule has 13 heavy (non-hydrogen) atoms. The lowest BCUT2D eigenvalue weighted by Crippen LogP contribution is -2.06. The molecular formula is C10H14O3. The van der Waals surface area contributed by atoms with Gasteiger partial charge in [0.2, 0.25) is 0 Å². The number of ether oxygens (including phenoxy) is 1. The van der Waals surface area contributed by atoms with Crippen LogP contribution in [0.25, 0.3) is 0 Å². The number of ketones is 1. The summed E-state index contributed by atoms with van der Waals surface area (Å²) in [5, 5.41) is 0. The normalized spacial score (nSPS) is 18.5. The van der Waals surface area contributed by atoms with E-state index in [0.29, 0.717) is 31.3 Å². The second kappa shape index (κ2) is 4.21. The largest absolute Gasteiger partial charge is 0.466 e. The third-order valence-electron chi connectivity index (χ3n) is 2.38. The van der Waals surface area contributed by atoms with Gasteiger partial charge in [-0.3, -0.25) is 4.79 Å². The first kappa shape index (κ1) is 9.96. The van der Waals surface area contributed by atoms with E-state index in [2.05, 4.69) is 4.74 Å². The number of methoxy groups -OCH3 is 1. The minimum absolute atomic E-state index is 0.234. The van der Waals surface area contributed by atoms with Gasteiger partial charge >= 0.3 is 5.97 Å². The Morgan fingerprint density at radius 2 is 1.85 bits per heavy atom. The number of hydrogen-bond acceptors (Lipinski definition) is 3. The Kier molecular flexibility index (Phi) is 3.23. The molecule has 0 saturated carbocycles. The molecule has 0 bridgehead atoms. The number of esters is 1. The molecule has 0 aromatic heterocycles. The molecule has 0 fully saturated rings. The lowest BCUT2D eigenvalue weighted by molar-refractivity contribution is -0.136. The summed E-state index contributed by atoms with van der Waals surface area (Å²) < 4.78 is 4.64. The minimum atomic E-state index is -0.285. The monoisotopic (exact) mass is 182 g/mol. The predicted molar refractivity (Wildman–Crippen MR) is 48.2 cm³/mol. The third kappa shape index (κ3) is 2.41. The van der Waals surface area contributed by atoms with Crippen LogP contribution in [-0.4, -0.2) is 18.9 Å². The van der Waals surface area contributed by atoms with Gasteiger partial charge in [0.25, 0.3) is 0 Å². The van der Waals surface area contributed by atoms with Gasteiger partial charge in [-0.15, -0.1) is 0 Å². The zero-order valence-corrected chi connectivity index (χ0v) is 8.05. The molecule has 3 nitrogen and oxygen atoms in total. The summed E-state index contributed by atoms with van der Waals surface area (Å²) in [4.78, 5) is 22.4. The molecule has 3 heteroatoms. The van der Waals surface area contributed by atoms with Gasteiger partial charge in [-0.05, 0) is 19.8 Å². The van der Waals surface area contributed by atoms with Crippen molar-refractivity contribution in [3.8, 4) is 0 Å². The second-order valence-corrected chi connectivity index (χ2v) is 3.29. The van der Waals surface area contributed by atoms with Gasteiger partial charge in [-0.25, -0.2) is 4.79 Å². The van der Waals surface area contributed by atoms with Crippen LogP contribution in [0.3, 0.4) is 0 Å². The summed E-state index contributed by atoms with van der Waals surface area (Å²) in [5.41, 5.74) is 1.69. The van der Waals surface area contributed by atoms with Gasteiger partial charge < -0.3 is 4.74 Å². The van der Waals surface area contributed by atoms with Crippen LogP contribution in [0.5, 0.6) is 0 Å². The highest BCUT2D eigenvalue weighted by Crippen LogP contribution is 2.22. The number of allylic oxidation sites excluding steroid dienone is 1. The summed E-state index contributed by atoms with van der Waals surface area (Å²) in [7, 11) is 1.37. The highest BCUT2D eigenvalue weighted by Gasteiger charge is 2.18. The molecule has 0 N–H and O–H groups in total. The molecule has 1 rings (SSSR count). The Morgan fingerprint density at radius 1 is 1.23 bits per heavy atom. The topological polar surface area (TPSA) is 43.4 Å². The number of hydrogen-bond donors (Lipinski definition) is 0. The van der Waals surface area contributed by atoms with E-state index in [4.69, 9.17) is 0 Å². The van der Waals surface area contributed by atoms with Crippen molar-refractivity contribution in [2.75, 3.05) is 7.11 Å². The van der Waals surface area contributed by atoms with E-state index in [9.17, 15) is 9.59 Å². The molecule has 0 atom stereocenters. The van der Waals surface area contributed by atoms with Gasteiger partial charge in [-0.2, -0.15) is 0 Å². The van der Waals surface area contributed by atoms with Crippen LogP contribution in [0.2, 0.25) is 0 Å². The first-order chi connectivity index (χ1) is 6.15. The van der Waals surface area contributed by atoms with E-state index < -0.39 is 0 Å². The van der Waals surface area contributed by atoms with E-state index in [0.717, 1.165) is 5.57 Å². The SMILES string of the molecule is COC(=O)C1=C(C)CCC(=O)CC1. The summed E-state index contributed by atoms with van der Waals surface area (Å²) in [6, 6.07) is 0. The Labute approximate surface area is 77.8 Å². The van der Waals surface area contributed by atoms with Crippen LogP contribution in [0.4, 0.5) is 0 Å². The highest BCUT2D eigenvalue weighted by atomic mass is 16.5. The molecule has 0 saturated heterocycles. The van der Waals surface area contributed by atoms with E-state index in [1.807, 2.05) is 6.92 Å². The second-order valence-electron chi connectivity index (χ2n) is 3.29. The van der Waals surface area contributed by atoms with Gasteiger partial charge in [0, 0.05) is 18.4 Å². The van der Waals surface area contributed by atoms with Crippen LogP contribution >= 0.6 is 0 Å². The Hall–Kier alpha value is -1.12. The van der Waals surface area contributed by atoms with Gasteiger partial charge in [-0.1, -0.05) is 5.57 Å².